The number of nitrogens with two attached hydrogens (primary N) is 2. The molecule has 0 bridgehead atoms. The topological polar surface area (TPSA) is 363 Å². The number of fused-ring (bicyclic) bond motifs is 1. The Morgan fingerprint density at radius 3 is 2.08 bits per heavy atom. The van der Waals surface area contributed by atoms with Crippen LogP contribution in [0.3, 0.4) is 0 Å². The summed E-state index contributed by atoms with van der Waals surface area (Å²) in [6.07, 6.45) is -0.393. The first kappa shape index (κ1) is 48.5. The van der Waals surface area contributed by atoms with Crippen molar-refractivity contribution in [2.45, 2.75) is 53.4 Å². The molecule has 0 atom stereocenters. The molecule has 13 N–H and O–H groups in total. The molecule has 0 saturated heterocycles. The average Bonchev–Trinajstić information content (AvgIpc) is 3.16. The maximum absolute atomic E-state index is 13.5. The van der Waals surface area contributed by atoms with Gasteiger partial charge in [-0.2, -0.15) is 48.7 Å². The van der Waals surface area contributed by atoms with E-state index in [4.69, 9.17) is 29.2 Å². The number of para-hydroxylation sites is 1. The Morgan fingerprint density at radius 1 is 0.780 bits per heavy atom. The van der Waals surface area contributed by atoms with Gasteiger partial charge in [-0.25, -0.2) is 0 Å². The van der Waals surface area contributed by atoms with Crippen LogP contribution >= 0.6 is 24.1 Å². The van der Waals surface area contributed by atoms with Gasteiger partial charge in [-0.15, -0.1) is 23.8 Å². The Hall–Kier alpha value is -4.85. The van der Waals surface area contributed by atoms with E-state index in [9.17, 15) is 21.9 Å². The van der Waals surface area contributed by atoms with Gasteiger partial charge in [0.05, 0.1) is 70.3 Å². The van der Waals surface area contributed by atoms with Crippen LogP contribution in [0.15, 0.2) is 96.5 Å². The number of aromatic nitrogens is 3. The predicted octanol–water partition coefficient (Wildman–Crippen LogP) is 6.85. The van der Waals surface area contributed by atoms with Crippen LogP contribution in [0.1, 0.15) is 27.7 Å². The van der Waals surface area contributed by atoms with Crippen LogP contribution in [0.25, 0.3) is 10.8 Å². The van der Waals surface area contributed by atoms with Crippen LogP contribution in [0.4, 0.5) is 34.6 Å². The van der Waals surface area contributed by atoms with Crippen LogP contribution in [-0.2, 0) is 47.2 Å². The number of anilines is 4. The van der Waals surface area contributed by atoms with Crippen molar-refractivity contribution in [3.63, 3.8) is 0 Å². The summed E-state index contributed by atoms with van der Waals surface area (Å²) in [4.78, 5) is 21.5. The summed E-state index contributed by atoms with van der Waals surface area (Å²) >= 11 is 1.57. The molecule has 0 saturated carbocycles. The normalized spacial score (nSPS) is 11.7. The zero-order valence-electron chi connectivity index (χ0n) is 31.7. The second kappa shape index (κ2) is 22.0. The van der Waals surface area contributed by atoms with Gasteiger partial charge in [-0.3, -0.25) is 8.37 Å². The Morgan fingerprint density at radius 2 is 1.42 bits per heavy atom. The van der Waals surface area contributed by atoms with Crippen LogP contribution in [0.2, 0.25) is 0 Å². The molecule has 0 amide bonds. The Balaban J connectivity index is 0.00000465. The molecular weight excluding hydrogens is 859 g/mol. The molecule has 0 aliphatic rings. The standard InChI is InChI=1S/C32H35N9O12S4.2H3N/c1-5-47-56(43,44)22-14-19-15-26(57(45,46)48-6-2)28(41-40-20-10-9-11-21(16-20)54-52-50-33)29(42)27(19)24(17-22)36-31-37-30(38-32(39-31)49-18(3)4)35-23-12-7-8-13-25(23)55-53-51-34;;/h7-18,42H,5-6,33-34H2,1-4H3,(H2,35,36,37,38,39);2*1H3. The van der Waals surface area contributed by atoms with E-state index < -0.39 is 47.6 Å². The highest BCUT2D eigenvalue weighted by molar-refractivity contribution is 7.95. The van der Waals surface area contributed by atoms with E-state index in [1.54, 1.807) is 56.3 Å². The highest BCUT2D eigenvalue weighted by Crippen LogP contribution is 2.46. The van der Waals surface area contributed by atoms with E-state index in [2.05, 4.69) is 50.1 Å². The Labute approximate surface area is 347 Å². The minimum atomic E-state index is -4.62. The van der Waals surface area contributed by atoms with Gasteiger partial charge in [-0.1, -0.05) is 18.2 Å². The fourth-order valence-electron chi connectivity index (χ4n) is 4.87. The Bertz CT molecular complexity index is 2470. The highest BCUT2D eigenvalue weighted by atomic mass is 32.2. The SMILES string of the molecule is CCOS(=O)(=O)c1cc(Nc2nc(Nc3ccccc3SOON)nc(OC(C)C)n2)c2c(O)c(N=Nc3cccc(SOON)c3)c(S(=O)(=O)OCC)cc2c1.N.N. The van der Waals surface area contributed by atoms with E-state index in [0.29, 0.717) is 15.5 Å². The predicted molar refractivity (Wildman–Crippen MR) is 217 cm³/mol. The summed E-state index contributed by atoms with van der Waals surface area (Å²) in [5, 5.41) is 25.9. The molecule has 0 spiro atoms. The third-order valence-electron chi connectivity index (χ3n) is 6.98. The zero-order valence-corrected chi connectivity index (χ0v) is 35.0. The number of rotatable bonds is 20. The fraction of sp³-hybridized carbons (Fsp3) is 0.219. The summed E-state index contributed by atoms with van der Waals surface area (Å²) in [6.45, 7) is 5.91. The molecule has 0 aliphatic heterocycles. The first-order chi connectivity index (χ1) is 27.3. The van der Waals surface area contributed by atoms with Gasteiger partial charge in [0.2, 0.25) is 11.9 Å². The number of ether oxygens (including phenoxy) is 1. The molecule has 27 heteroatoms. The first-order valence-corrected chi connectivity index (χ1v) is 20.7. The minimum absolute atomic E-state index is 0. The van der Waals surface area contributed by atoms with Crippen molar-refractivity contribution in [1.29, 1.82) is 0 Å². The van der Waals surface area contributed by atoms with Gasteiger partial charge in [-0.05, 0) is 81.6 Å². The molecule has 0 fully saturated rings. The lowest BCUT2D eigenvalue weighted by molar-refractivity contribution is -0.195. The van der Waals surface area contributed by atoms with Crippen molar-refractivity contribution in [3.8, 4) is 11.8 Å². The van der Waals surface area contributed by atoms with Crippen LogP contribution in [-0.4, -0.2) is 56.2 Å². The van der Waals surface area contributed by atoms with Gasteiger partial charge in [0.25, 0.3) is 20.2 Å². The molecule has 5 aromatic rings. The zero-order chi connectivity index (χ0) is 41.2. The average molecular weight is 900 g/mol. The molecule has 1 heterocycles. The molecule has 0 radical (unpaired) electrons. The molecule has 5 rings (SSSR count). The number of azo groups is 1. The summed E-state index contributed by atoms with van der Waals surface area (Å²) in [6, 6.07) is 16.4. The highest BCUT2D eigenvalue weighted by Gasteiger charge is 2.28. The van der Waals surface area contributed by atoms with Crippen LogP contribution < -0.4 is 39.5 Å². The Kier molecular flexibility index (Phi) is 18.1. The molecule has 23 nitrogen and oxygen atoms in total. The quantitative estimate of drug-likeness (QED) is 0.0138. The van der Waals surface area contributed by atoms with Crippen LogP contribution in [0.5, 0.6) is 11.8 Å². The summed E-state index contributed by atoms with van der Waals surface area (Å²) in [7, 11) is -9.06. The van der Waals surface area contributed by atoms with Crippen LogP contribution in [0, 0.1) is 0 Å². The number of phenols is 1. The first-order valence-electron chi connectivity index (χ1n) is 16.4. The monoisotopic (exact) mass is 899 g/mol. The largest absolute Gasteiger partial charge is 0.505 e. The maximum atomic E-state index is 13.5. The molecule has 1 aromatic heterocycles. The second-order valence-electron chi connectivity index (χ2n) is 11.2. The van der Waals surface area contributed by atoms with Crippen molar-refractivity contribution >= 4 is 89.7 Å². The molecule has 0 aliphatic carbocycles. The molecule has 4 aromatic carbocycles. The smallest absolute Gasteiger partial charge is 0.323 e. The number of phenolic OH excluding ortho intramolecular Hbond substituents is 1. The fourth-order valence-corrected chi connectivity index (χ4v) is 7.81. The molecule has 59 heavy (non-hydrogen) atoms. The van der Waals surface area contributed by atoms with E-state index in [1.165, 1.54) is 19.9 Å². The second-order valence-corrected chi connectivity index (χ2v) is 15.9. The van der Waals surface area contributed by atoms with Crippen molar-refractivity contribution < 1.29 is 53.7 Å². The van der Waals surface area contributed by atoms with E-state index in [-0.39, 0.29) is 65.6 Å². The summed E-state index contributed by atoms with van der Waals surface area (Å²) < 4.78 is 78.9. The van der Waals surface area contributed by atoms with Crippen molar-refractivity contribution in [2.75, 3.05) is 23.8 Å². The molecule has 0 unspecified atom stereocenters. The third kappa shape index (κ3) is 12.6. The van der Waals surface area contributed by atoms with Gasteiger partial charge >= 0.3 is 6.01 Å². The minimum Gasteiger partial charge on any atom is -0.505 e. The third-order valence-corrected chi connectivity index (χ3v) is 11.0. The van der Waals surface area contributed by atoms with E-state index in [0.717, 1.165) is 42.3 Å². The van der Waals surface area contributed by atoms with Crippen molar-refractivity contribution in [3.05, 3.63) is 66.7 Å². The lowest BCUT2D eigenvalue weighted by Gasteiger charge is -2.17. The molecule has 320 valence electrons. The lowest BCUT2D eigenvalue weighted by Crippen LogP contribution is -2.12. The number of aromatic hydroxyl groups is 1. The molecular formula is C32H41N11O12S4. The van der Waals surface area contributed by atoms with E-state index in [1.807, 2.05) is 0 Å². The van der Waals surface area contributed by atoms with E-state index >= 15 is 0 Å². The number of nitrogens with zero attached hydrogens (tertiary/aromatic N) is 5. The maximum Gasteiger partial charge on any atom is 0.323 e. The number of nitrogens with one attached hydrogen (secondary N) is 2. The summed E-state index contributed by atoms with van der Waals surface area (Å²) in [5.41, 5.74) is -0.00276. The van der Waals surface area contributed by atoms with Crippen molar-refractivity contribution in [2.24, 2.45) is 22.0 Å². The number of hydrogen-bond donors (Lipinski definition) is 7. The van der Waals surface area contributed by atoms with Gasteiger partial charge in [0.1, 0.15) is 10.6 Å². The summed E-state index contributed by atoms with van der Waals surface area (Å²) in [5.74, 6) is 8.97. The number of hydrogen-bond acceptors (Lipinski definition) is 25. The van der Waals surface area contributed by atoms with Gasteiger partial charge in [0, 0.05) is 10.3 Å². The van der Waals surface area contributed by atoms with Crippen molar-refractivity contribution in [1.82, 2.24) is 27.3 Å². The van der Waals surface area contributed by atoms with Gasteiger partial charge < -0.3 is 32.8 Å². The lowest BCUT2D eigenvalue weighted by atomic mass is 10.1. The number of benzene rings is 4. The van der Waals surface area contributed by atoms with Gasteiger partial charge in [0.15, 0.2) is 5.75 Å².